The van der Waals surface area contributed by atoms with Gasteiger partial charge in [-0.05, 0) is 24.3 Å². The van der Waals surface area contributed by atoms with E-state index >= 15 is 0 Å². The molecule has 0 aliphatic rings. The van der Waals surface area contributed by atoms with Gasteiger partial charge in [0, 0.05) is 17.8 Å². The molecule has 124 valence electrons. The molecule has 0 fully saturated rings. The average Bonchev–Trinajstić information content (AvgIpc) is 3.04. The number of nitrogens with zero attached hydrogens (tertiary/aromatic N) is 4. The highest BCUT2D eigenvalue weighted by Gasteiger charge is 2.12. The standard InChI is InChI=1S/C17H10Cl2FN5/c18-12-2-1-3-13(19)15(12)24-16-11-5-7-25(14(11)4-6-21-16)17-22-8-10(20)9-23-17/h1-9H,(H,21,24). The molecule has 0 aliphatic heterocycles. The van der Waals surface area contributed by atoms with E-state index < -0.39 is 5.82 Å². The second kappa shape index (κ2) is 6.31. The number of benzene rings is 1. The molecular weight excluding hydrogens is 364 g/mol. The van der Waals surface area contributed by atoms with Gasteiger partial charge in [0.25, 0.3) is 0 Å². The third-order valence-electron chi connectivity index (χ3n) is 3.65. The summed E-state index contributed by atoms with van der Waals surface area (Å²) in [6.45, 7) is 0. The van der Waals surface area contributed by atoms with Gasteiger partial charge in [-0.2, -0.15) is 0 Å². The van der Waals surface area contributed by atoms with E-state index in [2.05, 4.69) is 20.3 Å². The molecule has 3 heterocycles. The van der Waals surface area contributed by atoms with Gasteiger partial charge in [-0.3, -0.25) is 4.57 Å². The Kier molecular flexibility index (Phi) is 3.99. The minimum absolute atomic E-state index is 0.365. The highest BCUT2D eigenvalue weighted by Crippen LogP contribution is 2.34. The second-order valence-corrected chi connectivity index (χ2v) is 6.02. The van der Waals surface area contributed by atoms with E-state index in [-0.39, 0.29) is 0 Å². The van der Waals surface area contributed by atoms with Crippen molar-refractivity contribution in [2.75, 3.05) is 5.32 Å². The van der Waals surface area contributed by atoms with Gasteiger partial charge < -0.3 is 5.32 Å². The van der Waals surface area contributed by atoms with E-state index in [1.54, 1.807) is 35.2 Å². The monoisotopic (exact) mass is 373 g/mol. The van der Waals surface area contributed by atoms with Crippen molar-refractivity contribution in [3.05, 3.63) is 71.0 Å². The number of pyridine rings is 1. The van der Waals surface area contributed by atoms with Crippen LogP contribution in [0.2, 0.25) is 10.0 Å². The Labute approximate surface area is 152 Å². The van der Waals surface area contributed by atoms with Gasteiger partial charge in [0.1, 0.15) is 5.82 Å². The van der Waals surface area contributed by atoms with Crippen molar-refractivity contribution < 1.29 is 4.39 Å². The van der Waals surface area contributed by atoms with Crippen molar-refractivity contribution in [2.45, 2.75) is 0 Å². The number of rotatable bonds is 3. The first-order valence-corrected chi connectivity index (χ1v) is 8.04. The van der Waals surface area contributed by atoms with Crippen LogP contribution < -0.4 is 5.32 Å². The number of hydrogen-bond acceptors (Lipinski definition) is 4. The van der Waals surface area contributed by atoms with E-state index in [1.165, 1.54) is 0 Å². The molecule has 1 N–H and O–H groups in total. The van der Waals surface area contributed by atoms with E-state index in [0.717, 1.165) is 23.3 Å². The zero-order valence-electron chi connectivity index (χ0n) is 12.6. The van der Waals surface area contributed by atoms with Crippen LogP contribution in [0, 0.1) is 5.82 Å². The maximum atomic E-state index is 13.0. The zero-order chi connectivity index (χ0) is 17.4. The van der Waals surface area contributed by atoms with Gasteiger partial charge in [-0.1, -0.05) is 29.3 Å². The molecule has 0 amide bonds. The summed E-state index contributed by atoms with van der Waals surface area (Å²) in [7, 11) is 0. The van der Waals surface area contributed by atoms with Crippen LogP contribution in [-0.2, 0) is 0 Å². The lowest BCUT2D eigenvalue weighted by atomic mass is 10.2. The lowest BCUT2D eigenvalue weighted by Crippen LogP contribution is -2.00. The first kappa shape index (κ1) is 15.8. The van der Waals surface area contributed by atoms with Crippen molar-refractivity contribution in [1.82, 2.24) is 19.5 Å². The molecule has 0 saturated carbocycles. The van der Waals surface area contributed by atoms with Gasteiger partial charge in [0.2, 0.25) is 5.95 Å². The fourth-order valence-corrected chi connectivity index (χ4v) is 3.00. The van der Waals surface area contributed by atoms with Crippen LogP contribution in [0.4, 0.5) is 15.9 Å². The highest BCUT2D eigenvalue weighted by molar-refractivity contribution is 6.39. The maximum Gasteiger partial charge on any atom is 0.234 e. The largest absolute Gasteiger partial charge is 0.337 e. The van der Waals surface area contributed by atoms with Crippen LogP contribution in [0.15, 0.2) is 55.1 Å². The van der Waals surface area contributed by atoms with Crippen LogP contribution >= 0.6 is 23.2 Å². The number of nitrogens with one attached hydrogen (secondary N) is 1. The highest BCUT2D eigenvalue weighted by atomic mass is 35.5. The van der Waals surface area contributed by atoms with Crippen molar-refractivity contribution in [3.63, 3.8) is 0 Å². The molecule has 0 bridgehead atoms. The molecule has 1 aromatic carbocycles. The number of para-hydroxylation sites is 1. The Morgan fingerprint density at radius 2 is 1.68 bits per heavy atom. The van der Waals surface area contributed by atoms with Gasteiger partial charge in [0.15, 0.2) is 5.82 Å². The van der Waals surface area contributed by atoms with Crippen LogP contribution in [0.1, 0.15) is 0 Å². The number of aromatic nitrogens is 4. The average molecular weight is 374 g/mol. The number of halogens is 3. The van der Waals surface area contributed by atoms with Crippen molar-refractivity contribution in [3.8, 4) is 5.95 Å². The molecule has 0 unspecified atom stereocenters. The Hall–Kier alpha value is -2.70. The van der Waals surface area contributed by atoms with Crippen molar-refractivity contribution >= 4 is 45.6 Å². The Balaban J connectivity index is 1.81. The summed E-state index contributed by atoms with van der Waals surface area (Å²) in [5.41, 5.74) is 1.39. The van der Waals surface area contributed by atoms with Crippen molar-refractivity contribution in [2.24, 2.45) is 0 Å². The molecule has 4 rings (SSSR count). The molecule has 0 atom stereocenters. The Morgan fingerprint density at radius 3 is 2.40 bits per heavy atom. The van der Waals surface area contributed by atoms with E-state index in [9.17, 15) is 4.39 Å². The minimum Gasteiger partial charge on any atom is -0.337 e. The normalized spacial score (nSPS) is 11.0. The van der Waals surface area contributed by atoms with E-state index in [4.69, 9.17) is 23.2 Å². The molecule has 3 aromatic heterocycles. The second-order valence-electron chi connectivity index (χ2n) is 5.20. The number of anilines is 2. The first-order chi connectivity index (χ1) is 12.1. The molecule has 4 aromatic rings. The van der Waals surface area contributed by atoms with E-state index in [1.807, 2.05) is 12.1 Å². The van der Waals surface area contributed by atoms with Gasteiger partial charge in [-0.25, -0.2) is 19.3 Å². The van der Waals surface area contributed by atoms with Crippen LogP contribution in [0.3, 0.4) is 0 Å². The third kappa shape index (κ3) is 2.90. The molecule has 25 heavy (non-hydrogen) atoms. The lowest BCUT2D eigenvalue weighted by molar-refractivity contribution is 0.611. The SMILES string of the molecule is Fc1cnc(-n2ccc3c(Nc4c(Cl)cccc4Cl)nccc32)nc1. The molecule has 0 aliphatic carbocycles. The van der Waals surface area contributed by atoms with Gasteiger partial charge in [-0.15, -0.1) is 0 Å². The minimum atomic E-state index is -0.488. The molecule has 0 spiro atoms. The Morgan fingerprint density at radius 1 is 0.960 bits per heavy atom. The topological polar surface area (TPSA) is 55.6 Å². The predicted molar refractivity (Wildman–Crippen MR) is 96.4 cm³/mol. The summed E-state index contributed by atoms with van der Waals surface area (Å²) in [6, 6.07) is 8.94. The maximum absolute atomic E-state index is 13.0. The molecule has 0 radical (unpaired) electrons. The summed E-state index contributed by atoms with van der Waals surface area (Å²) in [5.74, 6) is 0.468. The van der Waals surface area contributed by atoms with Crippen LogP contribution in [-0.4, -0.2) is 19.5 Å². The Bertz CT molecular complexity index is 1040. The summed E-state index contributed by atoms with van der Waals surface area (Å²) in [6.07, 6.45) is 5.68. The summed E-state index contributed by atoms with van der Waals surface area (Å²) < 4.78 is 14.8. The fourth-order valence-electron chi connectivity index (χ4n) is 2.51. The zero-order valence-corrected chi connectivity index (χ0v) is 14.1. The van der Waals surface area contributed by atoms with Crippen LogP contribution in [0.5, 0.6) is 0 Å². The van der Waals surface area contributed by atoms with Crippen LogP contribution in [0.25, 0.3) is 16.9 Å². The van der Waals surface area contributed by atoms with E-state index in [0.29, 0.717) is 27.5 Å². The number of hydrogen-bond donors (Lipinski definition) is 1. The first-order valence-electron chi connectivity index (χ1n) is 7.28. The summed E-state index contributed by atoms with van der Waals surface area (Å²) in [5, 5.41) is 4.98. The number of fused-ring (bicyclic) bond motifs is 1. The fraction of sp³-hybridized carbons (Fsp3) is 0. The summed E-state index contributed by atoms with van der Waals surface area (Å²) in [4.78, 5) is 12.4. The molecule has 5 nitrogen and oxygen atoms in total. The molecular formula is C17H10Cl2FN5. The molecule has 0 saturated heterocycles. The molecule has 8 heteroatoms. The van der Waals surface area contributed by atoms with Crippen molar-refractivity contribution in [1.29, 1.82) is 0 Å². The summed E-state index contributed by atoms with van der Waals surface area (Å²) >= 11 is 12.4. The smallest absolute Gasteiger partial charge is 0.234 e. The van der Waals surface area contributed by atoms with Gasteiger partial charge in [0.05, 0.1) is 33.6 Å². The van der Waals surface area contributed by atoms with Gasteiger partial charge >= 0.3 is 0 Å². The quantitative estimate of drug-likeness (QED) is 0.548. The third-order valence-corrected chi connectivity index (χ3v) is 4.28. The lowest BCUT2D eigenvalue weighted by Gasteiger charge is -2.11. The predicted octanol–water partition coefficient (Wildman–Crippen LogP) is 5.01.